The minimum atomic E-state index is 0.000286. The highest BCUT2D eigenvalue weighted by Gasteiger charge is 2.36. The first kappa shape index (κ1) is 12.9. The Morgan fingerprint density at radius 3 is 2.79 bits per heavy atom. The van der Waals surface area contributed by atoms with Gasteiger partial charge in [0.05, 0.1) is 11.7 Å². The zero-order valence-electron chi connectivity index (χ0n) is 11.8. The fourth-order valence-electron chi connectivity index (χ4n) is 3.45. The van der Waals surface area contributed by atoms with E-state index in [1.807, 2.05) is 18.2 Å². The second-order valence-corrected chi connectivity index (χ2v) is 6.53. The number of ether oxygens (including phenoxy) is 1. The molecule has 0 N–H and O–H groups in total. The minimum Gasteiger partial charge on any atom is -0.372 e. The Bertz CT molecular complexity index is 490. The van der Waals surface area contributed by atoms with Gasteiger partial charge in [0.15, 0.2) is 5.78 Å². The van der Waals surface area contributed by atoms with Crippen LogP contribution in [-0.4, -0.2) is 17.5 Å². The predicted octanol–water partition coefficient (Wildman–Crippen LogP) is 3.78. The van der Waals surface area contributed by atoms with Crippen molar-refractivity contribution in [3.63, 3.8) is 0 Å². The Morgan fingerprint density at radius 1 is 1.26 bits per heavy atom. The molecule has 2 aliphatic rings. The number of hydrogen-bond acceptors (Lipinski definition) is 2. The lowest BCUT2D eigenvalue weighted by atomic mass is 9.80. The third kappa shape index (κ3) is 2.59. The molecule has 0 aromatic heterocycles. The van der Waals surface area contributed by atoms with Crippen LogP contribution in [0.5, 0.6) is 0 Å². The van der Waals surface area contributed by atoms with E-state index in [-0.39, 0.29) is 17.6 Å². The van der Waals surface area contributed by atoms with Crippen molar-refractivity contribution in [2.24, 2.45) is 5.92 Å². The number of rotatable bonds is 2. The number of carbonyl (C=O) groups is 1. The Kier molecular flexibility index (Phi) is 3.22. The maximum absolute atomic E-state index is 12.5. The number of carbonyl (C=O) groups excluding carboxylic acids is 1. The maximum Gasteiger partial charge on any atom is 0.166 e. The van der Waals surface area contributed by atoms with Crippen LogP contribution in [0.3, 0.4) is 0 Å². The van der Waals surface area contributed by atoms with Crippen LogP contribution in [0.1, 0.15) is 55.5 Å². The average molecular weight is 258 g/mol. The minimum absolute atomic E-state index is 0.000286. The summed E-state index contributed by atoms with van der Waals surface area (Å²) in [6.45, 7) is 4.29. The Morgan fingerprint density at radius 2 is 2.05 bits per heavy atom. The summed E-state index contributed by atoms with van der Waals surface area (Å²) in [7, 11) is 0. The van der Waals surface area contributed by atoms with Gasteiger partial charge in [-0.25, -0.2) is 0 Å². The van der Waals surface area contributed by atoms with E-state index in [4.69, 9.17) is 4.74 Å². The average Bonchev–Trinajstić information content (AvgIpc) is 2.73. The van der Waals surface area contributed by atoms with Gasteiger partial charge in [-0.05, 0) is 51.5 Å². The molecule has 0 radical (unpaired) electrons. The third-order valence-corrected chi connectivity index (χ3v) is 4.52. The normalized spacial score (nSPS) is 29.3. The van der Waals surface area contributed by atoms with E-state index in [0.717, 1.165) is 37.7 Å². The van der Waals surface area contributed by atoms with Gasteiger partial charge in [0.1, 0.15) is 0 Å². The van der Waals surface area contributed by atoms with Gasteiger partial charge in [0.25, 0.3) is 0 Å². The van der Waals surface area contributed by atoms with Gasteiger partial charge in [0.2, 0.25) is 0 Å². The highest BCUT2D eigenvalue weighted by Crippen LogP contribution is 2.36. The van der Waals surface area contributed by atoms with Crippen molar-refractivity contribution in [2.75, 3.05) is 0 Å². The Balaban J connectivity index is 1.70. The van der Waals surface area contributed by atoms with Crippen LogP contribution in [-0.2, 0) is 11.2 Å². The topological polar surface area (TPSA) is 26.3 Å². The van der Waals surface area contributed by atoms with E-state index in [2.05, 4.69) is 19.9 Å². The molecule has 1 heterocycles. The lowest BCUT2D eigenvalue weighted by Gasteiger charge is -2.26. The van der Waals surface area contributed by atoms with Gasteiger partial charge in [-0.3, -0.25) is 4.79 Å². The summed E-state index contributed by atoms with van der Waals surface area (Å²) < 4.78 is 6.04. The standard InChI is InChI=1S/C17H22O2/c1-17(2)10-9-14(19-17)11-13-8-7-12-5-3-4-6-15(12)16(13)18/h3-6,13-14H,7-11H2,1-2H3. The molecule has 1 aromatic rings. The number of Topliss-reactive ketones (excluding diaryl/α,β-unsaturated/α-hetero) is 1. The van der Waals surface area contributed by atoms with Crippen LogP contribution >= 0.6 is 0 Å². The number of benzene rings is 1. The van der Waals surface area contributed by atoms with Crippen LogP contribution < -0.4 is 0 Å². The van der Waals surface area contributed by atoms with Gasteiger partial charge in [0, 0.05) is 11.5 Å². The second-order valence-electron chi connectivity index (χ2n) is 6.53. The van der Waals surface area contributed by atoms with E-state index in [1.165, 1.54) is 5.56 Å². The molecule has 1 aliphatic heterocycles. The smallest absolute Gasteiger partial charge is 0.166 e. The zero-order chi connectivity index (χ0) is 13.5. The van der Waals surface area contributed by atoms with Gasteiger partial charge < -0.3 is 4.74 Å². The Labute approximate surface area is 115 Å². The summed E-state index contributed by atoms with van der Waals surface area (Å²) in [6, 6.07) is 8.05. The number of ketones is 1. The molecule has 1 fully saturated rings. The van der Waals surface area contributed by atoms with Crippen LogP contribution in [0.2, 0.25) is 0 Å². The van der Waals surface area contributed by atoms with Crippen LogP contribution in [0.25, 0.3) is 0 Å². The van der Waals surface area contributed by atoms with E-state index in [9.17, 15) is 4.79 Å². The second kappa shape index (κ2) is 4.75. The summed E-state index contributed by atoms with van der Waals surface area (Å²) in [4.78, 5) is 12.5. The van der Waals surface area contributed by atoms with E-state index in [1.54, 1.807) is 0 Å². The third-order valence-electron chi connectivity index (χ3n) is 4.52. The molecule has 0 spiro atoms. The molecule has 1 aromatic carbocycles. The highest BCUT2D eigenvalue weighted by atomic mass is 16.5. The lowest BCUT2D eigenvalue weighted by molar-refractivity contribution is -0.0240. The van der Waals surface area contributed by atoms with Crippen LogP contribution in [0, 0.1) is 5.92 Å². The molecule has 2 heteroatoms. The lowest BCUT2D eigenvalue weighted by Crippen LogP contribution is -2.28. The fourth-order valence-corrected chi connectivity index (χ4v) is 3.45. The molecule has 102 valence electrons. The summed E-state index contributed by atoms with van der Waals surface area (Å²) in [5.74, 6) is 0.490. The van der Waals surface area contributed by atoms with Gasteiger partial charge in [-0.2, -0.15) is 0 Å². The largest absolute Gasteiger partial charge is 0.372 e. The van der Waals surface area contributed by atoms with E-state index < -0.39 is 0 Å². The van der Waals surface area contributed by atoms with Gasteiger partial charge in [-0.1, -0.05) is 24.3 Å². The Hall–Kier alpha value is -1.15. The molecule has 19 heavy (non-hydrogen) atoms. The quantitative estimate of drug-likeness (QED) is 0.807. The molecule has 1 aliphatic carbocycles. The van der Waals surface area contributed by atoms with Crippen molar-refractivity contribution >= 4 is 5.78 Å². The van der Waals surface area contributed by atoms with Crippen molar-refractivity contribution in [2.45, 2.75) is 57.7 Å². The molecule has 1 saturated heterocycles. The first-order chi connectivity index (χ1) is 9.05. The van der Waals surface area contributed by atoms with Crippen LogP contribution in [0.15, 0.2) is 24.3 Å². The van der Waals surface area contributed by atoms with Crippen molar-refractivity contribution in [1.82, 2.24) is 0 Å². The van der Waals surface area contributed by atoms with Crippen LogP contribution in [0.4, 0.5) is 0 Å². The summed E-state index contributed by atoms with van der Waals surface area (Å²) in [5, 5.41) is 0. The fraction of sp³-hybridized carbons (Fsp3) is 0.588. The highest BCUT2D eigenvalue weighted by molar-refractivity contribution is 6.00. The monoisotopic (exact) mass is 258 g/mol. The van der Waals surface area contributed by atoms with E-state index >= 15 is 0 Å². The summed E-state index contributed by atoms with van der Waals surface area (Å²) in [6.07, 6.45) is 5.39. The van der Waals surface area contributed by atoms with Gasteiger partial charge in [-0.15, -0.1) is 0 Å². The summed E-state index contributed by atoms with van der Waals surface area (Å²) in [5.41, 5.74) is 2.16. The molecule has 2 nitrogen and oxygen atoms in total. The molecular formula is C17H22O2. The number of fused-ring (bicyclic) bond motifs is 1. The first-order valence-corrected chi connectivity index (χ1v) is 7.35. The van der Waals surface area contributed by atoms with Gasteiger partial charge >= 0.3 is 0 Å². The van der Waals surface area contributed by atoms with Crippen molar-refractivity contribution in [1.29, 1.82) is 0 Å². The predicted molar refractivity (Wildman–Crippen MR) is 75.4 cm³/mol. The molecule has 0 bridgehead atoms. The van der Waals surface area contributed by atoms with E-state index in [0.29, 0.717) is 5.78 Å². The molecule has 0 saturated carbocycles. The van der Waals surface area contributed by atoms with Crippen molar-refractivity contribution < 1.29 is 9.53 Å². The number of aryl methyl sites for hydroxylation is 1. The maximum atomic E-state index is 12.5. The number of hydrogen-bond donors (Lipinski definition) is 0. The SMILES string of the molecule is CC1(C)CCC(CC2CCc3ccccc3C2=O)O1. The molecular weight excluding hydrogens is 236 g/mol. The molecule has 0 amide bonds. The zero-order valence-corrected chi connectivity index (χ0v) is 11.8. The summed E-state index contributed by atoms with van der Waals surface area (Å²) >= 11 is 0. The first-order valence-electron chi connectivity index (χ1n) is 7.35. The van der Waals surface area contributed by atoms with Crippen molar-refractivity contribution in [3.05, 3.63) is 35.4 Å². The molecule has 2 unspecified atom stereocenters. The molecule has 3 rings (SSSR count). The molecule has 2 atom stereocenters. The van der Waals surface area contributed by atoms with Crippen molar-refractivity contribution in [3.8, 4) is 0 Å².